The standard InChI is InChI=1S/C16H15F3N6OS/c17-16(18,19)11-3-1-2-10(8-11)12-9-25-15(22-12)27-13(23-25)20-4-6-24-7-5-21-14(24)26/h1-3,8-9H,4-7H2,(H,20,23)(H,21,26). The summed E-state index contributed by atoms with van der Waals surface area (Å²) in [5.41, 5.74) is 0.106. The lowest BCUT2D eigenvalue weighted by Gasteiger charge is -2.13. The first kappa shape index (κ1) is 17.6. The minimum absolute atomic E-state index is 0.0727. The first-order chi connectivity index (χ1) is 12.9. The first-order valence-electron chi connectivity index (χ1n) is 8.21. The summed E-state index contributed by atoms with van der Waals surface area (Å²) in [5.74, 6) is 0. The van der Waals surface area contributed by atoms with E-state index in [2.05, 4.69) is 20.7 Å². The Labute approximate surface area is 155 Å². The van der Waals surface area contributed by atoms with E-state index in [0.29, 0.717) is 47.5 Å². The molecule has 2 aromatic heterocycles. The molecular weight excluding hydrogens is 381 g/mol. The van der Waals surface area contributed by atoms with Gasteiger partial charge in [0.25, 0.3) is 0 Å². The highest BCUT2D eigenvalue weighted by molar-refractivity contribution is 7.20. The van der Waals surface area contributed by atoms with E-state index in [-0.39, 0.29) is 6.03 Å². The Morgan fingerprint density at radius 1 is 1.33 bits per heavy atom. The molecule has 0 spiro atoms. The number of amides is 2. The van der Waals surface area contributed by atoms with E-state index >= 15 is 0 Å². The molecule has 27 heavy (non-hydrogen) atoms. The van der Waals surface area contributed by atoms with Crippen molar-refractivity contribution in [1.82, 2.24) is 24.8 Å². The number of benzene rings is 1. The van der Waals surface area contributed by atoms with E-state index in [0.717, 1.165) is 12.1 Å². The summed E-state index contributed by atoms with van der Waals surface area (Å²) in [6.07, 6.45) is -2.80. The molecule has 3 heterocycles. The molecule has 3 aromatic rings. The van der Waals surface area contributed by atoms with Gasteiger partial charge < -0.3 is 15.5 Å². The van der Waals surface area contributed by atoms with Crippen LogP contribution in [0.3, 0.4) is 0 Å². The van der Waals surface area contributed by atoms with Crippen molar-refractivity contribution >= 4 is 27.5 Å². The van der Waals surface area contributed by atoms with Crippen LogP contribution in [-0.4, -0.2) is 51.7 Å². The van der Waals surface area contributed by atoms with Gasteiger partial charge in [-0.05, 0) is 12.1 Å². The zero-order valence-corrected chi connectivity index (χ0v) is 14.8. The topological polar surface area (TPSA) is 74.6 Å². The lowest BCUT2D eigenvalue weighted by atomic mass is 10.1. The Hall–Kier alpha value is -2.82. The molecule has 0 aliphatic carbocycles. The van der Waals surface area contributed by atoms with Crippen molar-refractivity contribution in [2.75, 3.05) is 31.5 Å². The highest BCUT2D eigenvalue weighted by Crippen LogP contribution is 2.32. The minimum Gasteiger partial charge on any atom is -0.358 e. The zero-order chi connectivity index (χ0) is 19.0. The predicted octanol–water partition coefficient (Wildman–Crippen LogP) is 2.91. The molecule has 0 radical (unpaired) electrons. The Balaban J connectivity index is 1.45. The average Bonchev–Trinajstić information content (AvgIpc) is 3.29. The Bertz CT molecular complexity index is 951. The molecular formula is C16H15F3N6OS. The third-order valence-electron chi connectivity index (χ3n) is 4.13. The van der Waals surface area contributed by atoms with Crippen LogP contribution in [0.25, 0.3) is 16.2 Å². The van der Waals surface area contributed by atoms with Crippen LogP contribution in [-0.2, 0) is 6.18 Å². The maximum Gasteiger partial charge on any atom is 0.416 e. The molecule has 1 saturated heterocycles. The Kier molecular flexibility index (Phi) is 4.38. The van der Waals surface area contributed by atoms with Crippen LogP contribution in [0.4, 0.5) is 23.1 Å². The Morgan fingerprint density at radius 2 is 2.19 bits per heavy atom. The van der Waals surface area contributed by atoms with Gasteiger partial charge in [-0.3, -0.25) is 0 Å². The highest BCUT2D eigenvalue weighted by atomic mass is 32.1. The SMILES string of the molecule is O=C1NCCN1CCNc1nn2cc(-c3cccc(C(F)(F)F)c3)nc2s1. The normalized spacial score (nSPS) is 14.8. The van der Waals surface area contributed by atoms with E-state index in [1.165, 1.54) is 21.9 Å². The Morgan fingerprint density at radius 3 is 2.89 bits per heavy atom. The van der Waals surface area contributed by atoms with Gasteiger partial charge in [0.2, 0.25) is 10.1 Å². The maximum atomic E-state index is 12.9. The van der Waals surface area contributed by atoms with Gasteiger partial charge in [0.05, 0.1) is 17.5 Å². The van der Waals surface area contributed by atoms with Crippen LogP contribution in [0.1, 0.15) is 5.56 Å². The van der Waals surface area contributed by atoms with Gasteiger partial charge in [0, 0.05) is 31.7 Å². The highest BCUT2D eigenvalue weighted by Gasteiger charge is 2.30. The van der Waals surface area contributed by atoms with Crippen molar-refractivity contribution in [3.05, 3.63) is 36.0 Å². The number of halogens is 3. The predicted molar refractivity (Wildman–Crippen MR) is 94.8 cm³/mol. The second-order valence-electron chi connectivity index (χ2n) is 5.98. The lowest BCUT2D eigenvalue weighted by molar-refractivity contribution is -0.137. The summed E-state index contributed by atoms with van der Waals surface area (Å²) in [4.78, 5) is 18.1. The van der Waals surface area contributed by atoms with Crippen molar-refractivity contribution in [2.45, 2.75) is 6.18 Å². The number of carbonyl (C=O) groups is 1. The molecule has 1 aliphatic heterocycles. The summed E-state index contributed by atoms with van der Waals surface area (Å²) in [5, 5.41) is 10.8. The first-order valence-corrected chi connectivity index (χ1v) is 9.02. The number of fused-ring (bicyclic) bond motifs is 1. The molecule has 4 rings (SSSR count). The molecule has 142 valence electrons. The minimum atomic E-state index is -4.39. The number of carbonyl (C=O) groups excluding carboxylic acids is 1. The van der Waals surface area contributed by atoms with E-state index in [1.54, 1.807) is 17.2 Å². The second-order valence-corrected chi connectivity index (χ2v) is 6.94. The quantitative estimate of drug-likeness (QED) is 0.696. The third-order valence-corrected chi connectivity index (χ3v) is 5.01. The molecule has 0 atom stereocenters. The lowest BCUT2D eigenvalue weighted by Crippen LogP contribution is -2.32. The number of urea groups is 1. The van der Waals surface area contributed by atoms with Crippen LogP contribution in [0.2, 0.25) is 0 Å². The van der Waals surface area contributed by atoms with E-state index in [9.17, 15) is 18.0 Å². The fourth-order valence-corrected chi connectivity index (χ4v) is 3.59. The fourth-order valence-electron chi connectivity index (χ4n) is 2.79. The summed E-state index contributed by atoms with van der Waals surface area (Å²) in [6.45, 7) is 2.44. The summed E-state index contributed by atoms with van der Waals surface area (Å²) < 4.78 is 40.1. The van der Waals surface area contributed by atoms with E-state index in [4.69, 9.17) is 0 Å². The number of rotatable bonds is 5. The van der Waals surface area contributed by atoms with Crippen molar-refractivity contribution < 1.29 is 18.0 Å². The number of hydrogen-bond donors (Lipinski definition) is 2. The summed E-state index contributed by atoms with van der Waals surface area (Å²) in [6, 6.07) is 4.98. The molecule has 11 heteroatoms. The fraction of sp³-hybridized carbons (Fsp3) is 0.312. The largest absolute Gasteiger partial charge is 0.416 e. The summed E-state index contributed by atoms with van der Waals surface area (Å²) in [7, 11) is 0. The van der Waals surface area contributed by atoms with Gasteiger partial charge in [-0.25, -0.2) is 14.3 Å². The van der Waals surface area contributed by atoms with Gasteiger partial charge in [-0.15, -0.1) is 5.10 Å². The maximum absolute atomic E-state index is 12.9. The van der Waals surface area contributed by atoms with Gasteiger partial charge in [0.1, 0.15) is 0 Å². The van der Waals surface area contributed by atoms with Gasteiger partial charge >= 0.3 is 12.2 Å². The van der Waals surface area contributed by atoms with Crippen molar-refractivity contribution in [1.29, 1.82) is 0 Å². The third kappa shape index (κ3) is 3.68. The molecule has 7 nitrogen and oxygen atoms in total. The van der Waals surface area contributed by atoms with Crippen molar-refractivity contribution in [3.63, 3.8) is 0 Å². The molecule has 1 aromatic carbocycles. The van der Waals surface area contributed by atoms with Gasteiger partial charge in [0.15, 0.2) is 0 Å². The van der Waals surface area contributed by atoms with E-state index in [1.807, 2.05) is 0 Å². The second kappa shape index (κ2) is 6.72. The zero-order valence-electron chi connectivity index (χ0n) is 14.0. The molecule has 2 amide bonds. The van der Waals surface area contributed by atoms with E-state index < -0.39 is 11.7 Å². The number of alkyl halides is 3. The van der Waals surface area contributed by atoms with Crippen molar-refractivity contribution in [2.24, 2.45) is 0 Å². The van der Waals surface area contributed by atoms with Gasteiger partial charge in [-0.2, -0.15) is 13.2 Å². The van der Waals surface area contributed by atoms with Crippen LogP contribution >= 0.6 is 11.3 Å². The molecule has 0 unspecified atom stereocenters. The molecule has 1 aliphatic rings. The molecule has 1 fully saturated rings. The molecule has 0 saturated carbocycles. The monoisotopic (exact) mass is 396 g/mol. The van der Waals surface area contributed by atoms with Crippen molar-refractivity contribution in [3.8, 4) is 11.3 Å². The smallest absolute Gasteiger partial charge is 0.358 e. The number of imidazole rings is 1. The average molecular weight is 396 g/mol. The van der Waals surface area contributed by atoms with Crippen LogP contribution < -0.4 is 10.6 Å². The van der Waals surface area contributed by atoms with Crippen LogP contribution in [0, 0.1) is 0 Å². The molecule has 2 N–H and O–H groups in total. The number of nitrogens with one attached hydrogen (secondary N) is 2. The number of hydrogen-bond acceptors (Lipinski definition) is 5. The number of nitrogens with zero attached hydrogens (tertiary/aromatic N) is 4. The number of anilines is 1. The van der Waals surface area contributed by atoms with Gasteiger partial charge in [-0.1, -0.05) is 23.5 Å². The summed E-state index contributed by atoms with van der Waals surface area (Å²) >= 11 is 1.29. The number of aromatic nitrogens is 3. The molecule has 0 bridgehead atoms. The van der Waals surface area contributed by atoms with Crippen LogP contribution in [0.5, 0.6) is 0 Å². The van der Waals surface area contributed by atoms with Crippen LogP contribution in [0.15, 0.2) is 30.5 Å².